The number of aromatic amines is 1. The molecular formula is C12H10ClF2N5. The smallest absolute Gasteiger partial charge is 0.282 e. The number of H-pyrrole nitrogens is 1. The second kappa shape index (κ2) is 4.75. The summed E-state index contributed by atoms with van der Waals surface area (Å²) in [6.07, 6.45) is -2.70. The van der Waals surface area contributed by atoms with Gasteiger partial charge in [0.25, 0.3) is 6.43 Å². The topological polar surface area (TPSA) is 72.5 Å². The van der Waals surface area contributed by atoms with Crippen LogP contribution in [0.4, 0.5) is 14.6 Å². The largest absolute Gasteiger partial charge is 0.383 e. The van der Waals surface area contributed by atoms with E-state index in [0.717, 1.165) is 5.56 Å². The molecule has 8 heteroatoms. The highest BCUT2D eigenvalue weighted by molar-refractivity contribution is 6.30. The van der Waals surface area contributed by atoms with E-state index in [1.165, 1.54) is 4.68 Å². The summed E-state index contributed by atoms with van der Waals surface area (Å²) < 4.78 is 27.3. The second-order valence-corrected chi connectivity index (χ2v) is 4.74. The number of benzene rings is 1. The molecule has 3 aromatic rings. The van der Waals surface area contributed by atoms with Crippen LogP contribution in [0.25, 0.3) is 11.0 Å². The summed E-state index contributed by atoms with van der Waals surface area (Å²) in [5.41, 5.74) is 6.45. The third-order valence-corrected chi connectivity index (χ3v) is 3.21. The number of alkyl halides is 2. The number of nitrogens with two attached hydrogens (primary N) is 1. The maximum Gasteiger partial charge on any atom is 0.282 e. The van der Waals surface area contributed by atoms with Crippen molar-refractivity contribution in [2.75, 3.05) is 5.73 Å². The van der Waals surface area contributed by atoms with Crippen molar-refractivity contribution in [1.29, 1.82) is 0 Å². The molecular weight excluding hydrogens is 288 g/mol. The van der Waals surface area contributed by atoms with E-state index in [2.05, 4.69) is 15.3 Å². The maximum atomic E-state index is 13.0. The summed E-state index contributed by atoms with van der Waals surface area (Å²) in [4.78, 5) is 0. The van der Waals surface area contributed by atoms with Crippen LogP contribution in [0.2, 0.25) is 5.02 Å². The van der Waals surface area contributed by atoms with Crippen LogP contribution in [-0.2, 0) is 6.54 Å². The minimum atomic E-state index is -2.70. The third-order valence-electron chi connectivity index (χ3n) is 2.96. The van der Waals surface area contributed by atoms with Crippen LogP contribution in [0.1, 0.15) is 17.7 Å². The Morgan fingerprint density at radius 2 is 2.00 bits per heavy atom. The van der Waals surface area contributed by atoms with E-state index in [1.807, 2.05) is 0 Å². The average molecular weight is 298 g/mol. The number of nitrogen functional groups attached to an aromatic ring is 1. The van der Waals surface area contributed by atoms with E-state index >= 15 is 0 Å². The molecule has 0 amide bonds. The molecule has 3 rings (SSSR count). The Hall–Kier alpha value is -2.15. The molecule has 0 saturated heterocycles. The lowest BCUT2D eigenvalue weighted by Crippen LogP contribution is -2.03. The number of nitrogens with zero attached hydrogens (tertiary/aromatic N) is 3. The number of hydrogen-bond donors (Lipinski definition) is 2. The van der Waals surface area contributed by atoms with Gasteiger partial charge < -0.3 is 5.73 Å². The highest BCUT2D eigenvalue weighted by Crippen LogP contribution is 2.30. The molecule has 0 spiro atoms. The molecule has 2 heterocycles. The summed E-state index contributed by atoms with van der Waals surface area (Å²) in [7, 11) is 0. The zero-order chi connectivity index (χ0) is 14.3. The van der Waals surface area contributed by atoms with Gasteiger partial charge in [-0.2, -0.15) is 10.2 Å². The van der Waals surface area contributed by atoms with E-state index in [4.69, 9.17) is 17.3 Å². The zero-order valence-electron chi connectivity index (χ0n) is 10.1. The van der Waals surface area contributed by atoms with Crippen molar-refractivity contribution >= 4 is 28.5 Å². The van der Waals surface area contributed by atoms with Gasteiger partial charge in [0.1, 0.15) is 11.5 Å². The van der Waals surface area contributed by atoms with Crippen molar-refractivity contribution in [3.63, 3.8) is 0 Å². The van der Waals surface area contributed by atoms with Crippen molar-refractivity contribution in [2.24, 2.45) is 0 Å². The van der Waals surface area contributed by atoms with Crippen molar-refractivity contribution in [2.45, 2.75) is 13.0 Å². The van der Waals surface area contributed by atoms with Crippen molar-refractivity contribution < 1.29 is 8.78 Å². The fourth-order valence-corrected chi connectivity index (χ4v) is 2.16. The fourth-order valence-electron chi connectivity index (χ4n) is 2.04. The monoisotopic (exact) mass is 297 g/mol. The fraction of sp³-hybridized carbons (Fsp3) is 0.167. The summed E-state index contributed by atoms with van der Waals surface area (Å²) in [6, 6.07) is 7.05. The van der Waals surface area contributed by atoms with Crippen LogP contribution >= 0.6 is 11.6 Å². The van der Waals surface area contributed by atoms with Gasteiger partial charge in [-0.25, -0.2) is 13.5 Å². The Balaban J connectivity index is 2.05. The molecule has 0 aliphatic heterocycles. The van der Waals surface area contributed by atoms with Crippen LogP contribution in [0.5, 0.6) is 0 Å². The number of rotatable bonds is 3. The molecule has 0 unspecified atom stereocenters. The van der Waals surface area contributed by atoms with E-state index in [0.29, 0.717) is 17.2 Å². The molecule has 0 atom stereocenters. The maximum absolute atomic E-state index is 13.0. The van der Waals surface area contributed by atoms with E-state index < -0.39 is 6.43 Å². The lowest BCUT2D eigenvalue weighted by atomic mass is 10.2. The van der Waals surface area contributed by atoms with Gasteiger partial charge in [0.15, 0.2) is 5.65 Å². The van der Waals surface area contributed by atoms with Gasteiger partial charge in [-0.3, -0.25) is 5.10 Å². The average Bonchev–Trinajstić information content (AvgIpc) is 2.95. The van der Waals surface area contributed by atoms with Gasteiger partial charge >= 0.3 is 0 Å². The summed E-state index contributed by atoms with van der Waals surface area (Å²) in [6.45, 7) is 0.310. The quantitative estimate of drug-likeness (QED) is 0.780. The minimum absolute atomic E-state index is 0.0951. The lowest BCUT2D eigenvalue weighted by Gasteiger charge is -2.02. The first kappa shape index (κ1) is 12.9. The van der Waals surface area contributed by atoms with Crippen LogP contribution in [0, 0.1) is 0 Å². The van der Waals surface area contributed by atoms with Gasteiger partial charge in [0.05, 0.1) is 11.9 Å². The zero-order valence-corrected chi connectivity index (χ0v) is 10.9. The van der Waals surface area contributed by atoms with Crippen molar-refractivity contribution in [1.82, 2.24) is 20.0 Å². The number of halogens is 3. The summed E-state index contributed by atoms with van der Waals surface area (Å²) in [5.74, 6) is 0.0951. The van der Waals surface area contributed by atoms with Gasteiger partial charge in [-0.05, 0) is 17.7 Å². The normalized spacial score (nSPS) is 11.6. The number of fused-ring (bicyclic) bond motifs is 1. The van der Waals surface area contributed by atoms with Crippen molar-refractivity contribution in [3.05, 3.63) is 40.5 Å². The van der Waals surface area contributed by atoms with Crippen LogP contribution in [0.15, 0.2) is 24.3 Å². The second-order valence-electron chi connectivity index (χ2n) is 4.31. The molecule has 0 bridgehead atoms. The first-order valence-corrected chi connectivity index (χ1v) is 6.17. The predicted octanol–water partition coefficient (Wildman–Crippen LogP) is 2.98. The van der Waals surface area contributed by atoms with Gasteiger partial charge in [-0.15, -0.1) is 0 Å². The molecule has 104 valence electrons. The number of aromatic nitrogens is 4. The van der Waals surface area contributed by atoms with Crippen LogP contribution < -0.4 is 5.73 Å². The molecule has 1 aromatic carbocycles. The first-order chi connectivity index (χ1) is 9.56. The van der Waals surface area contributed by atoms with Gasteiger partial charge in [-0.1, -0.05) is 23.7 Å². The van der Waals surface area contributed by atoms with E-state index in [1.54, 1.807) is 24.3 Å². The molecule has 0 saturated carbocycles. The predicted molar refractivity (Wildman–Crippen MR) is 71.8 cm³/mol. The van der Waals surface area contributed by atoms with E-state index in [-0.39, 0.29) is 16.9 Å². The highest BCUT2D eigenvalue weighted by atomic mass is 35.5. The molecule has 3 N–H and O–H groups in total. The Morgan fingerprint density at radius 1 is 1.30 bits per heavy atom. The highest BCUT2D eigenvalue weighted by Gasteiger charge is 2.22. The molecule has 0 aliphatic carbocycles. The molecule has 20 heavy (non-hydrogen) atoms. The standard InChI is InChI=1S/C12H10ClF2N5/c13-7-3-1-6(2-4-7)5-20-12-8(11(16)17-18-12)9(19-20)10(14)15/h1-4,10H,5H2,(H3,16,17,18). The van der Waals surface area contributed by atoms with E-state index in [9.17, 15) is 8.78 Å². The third kappa shape index (κ3) is 2.09. The summed E-state index contributed by atoms with van der Waals surface area (Å²) in [5, 5.41) is 11.1. The van der Waals surface area contributed by atoms with Crippen LogP contribution in [0.3, 0.4) is 0 Å². The van der Waals surface area contributed by atoms with Crippen molar-refractivity contribution in [3.8, 4) is 0 Å². The number of hydrogen-bond acceptors (Lipinski definition) is 3. The minimum Gasteiger partial charge on any atom is -0.383 e. The Morgan fingerprint density at radius 3 is 2.65 bits per heavy atom. The lowest BCUT2D eigenvalue weighted by molar-refractivity contribution is 0.146. The first-order valence-electron chi connectivity index (χ1n) is 5.79. The van der Waals surface area contributed by atoms with Crippen LogP contribution in [-0.4, -0.2) is 20.0 Å². The molecule has 0 radical (unpaired) electrons. The Bertz CT molecular complexity index is 747. The van der Waals surface area contributed by atoms with Gasteiger partial charge in [0, 0.05) is 5.02 Å². The number of nitrogens with one attached hydrogen (secondary N) is 1. The number of anilines is 1. The van der Waals surface area contributed by atoms with Gasteiger partial charge in [0.2, 0.25) is 0 Å². The molecule has 0 fully saturated rings. The molecule has 0 aliphatic rings. The SMILES string of the molecule is Nc1[nH]nc2c1c(C(F)F)nn2Cc1ccc(Cl)cc1. The summed E-state index contributed by atoms with van der Waals surface area (Å²) >= 11 is 5.80. The Kier molecular flexibility index (Phi) is 3.06. The molecule has 2 aromatic heterocycles. The molecule has 5 nitrogen and oxygen atoms in total. The Labute approximate surface area is 117 Å².